The summed E-state index contributed by atoms with van der Waals surface area (Å²) in [4.78, 5) is 17.6. The number of piperazine rings is 1. The number of fused-ring (bicyclic) bond motifs is 3. The van der Waals surface area contributed by atoms with Gasteiger partial charge in [0.2, 0.25) is 0 Å². The molecule has 3 aromatic heterocycles. The van der Waals surface area contributed by atoms with Crippen LogP contribution in [0.1, 0.15) is 6.42 Å². The number of pyridine rings is 1. The van der Waals surface area contributed by atoms with Gasteiger partial charge < -0.3 is 14.4 Å². The predicted molar refractivity (Wildman–Crippen MR) is 89.6 cm³/mol. The Bertz CT molecular complexity index is 922. The lowest BCUT2D eigenvalue weighted by Crippen LogP contribution is -2.47. The van der Waals surface area contributed by atoms with Gasteiger partial charge in [-0.05, 0) is 24.6 Å². The maximum absolute atomic E-state index is 14.1. The summed E-state index contributed by atoms with van der Waals surface area (Å²) in [5, 5.41) is 1.07. The van der Waals surface area contributed by atoms with Gasteiger partial charge in [-0.1, -0.05) is 0 Å². The zero-order chi connectivity index (χ0) is 16.3. The first-order valence-electron chi connectivity index (χ1n) is 8.12. The van der Waals surface area contributed by atoms with Crippen molar-refractivity contribution in [3.63, 3.8) is 0 Å². The molecule has 2 bridgehead atoms. The Morgan fingerprint density at radius 3 is 2.58 bits per heavy atom. The van der Waals surface area contributed by atoms with Crippen LogP contribution in [0.15, 0.2) is 36.9 Å². The van der Waals surface area contributed by atoms with E-state index in [1.165, 1.54) is 6.07 Å². The smallest absolute Gasteiger partial charge is 0.165 e. The van der Waals surface area contributed by atoms with Crippen LogP contribution in [0.25, 0.3) is 11.0 Å². The Morgan fingerprint density at radius 1 is 1.04 bits per heavy atom. The minimum absolute atomic E-state index is 0.246. The second-order valence-electron chi connectivity index (χ2n) is 6.52. The van der Waals surface area contributed by atoms with E-state index in [1.54, 1.807) is 18.6 Å². The number of hydrogen-bond donors (Lipinski definition) is 0. The van der Waals surface area contributed by atoms with Crippen molar-refractivity contribution in [3.05, 3.63) is 42.7 Å². The molecule has 3 aromatic rings. The number of aryl methyl sites for hydroxylation is 1. The van der Waals surface area contributed by atoms with E-state index < -0.39 is 0 Å². The maximum Gasteiger partial charge on any atom is 0.165 e. The number of nitrogens with zero attached hydrogens (tertiary/aromatic N) is 6. The third kappa shape index (κ3) is 1.84. The molecule has 0 radical (unpaired) electrons. The van der Waals surface area contributed by atoms with Crippen LogP contribution in [0.3, 0.4) is 0 Å². The highest BCUT2D eigenvalue weighted by molar-refractivity contribution is 5.88. The van der Waals surface area contributed by atoms with E-state index in [0.717, 1.165) is 36.4 Å². The summed E-state index contributed by atoms with van der Waals surface area (Å²) in [6.07, 6.45) is 6.29. The molecule has 2 saturated heterocycles. The lowest BCUT2D eigenvalue weighted by molar-refractivity contribution is 0.584. The lowest BCUT2D eigenvalue weighted by Gasteiger charge is -2.35. The van der Waals surface area contributed by atoms with Crippen molar-refractivity contribution in [1.82, 2.24) is 19.5 Å². The van der Waals surface area contributed by atoms with Crippen LogP contribution in [0.5, 0.6) is 0 Å². The number of anilines is 2. The number of halogens is 1. The van der Waals surface area contributed by atoms with Crippen molar-refractivity contribution in [2.24, 2.45) is 7.05 Å². The molecule has 2 aliphatic heterocycles. The average molecular weight is 324 g/mol. The van der Waals surface area contributed by atoms with E-state index in [0.29, 0.717) is 11.9 Å². The minimum Gasteiger partial charge on any atom is -0.349 e. The summed E-state index contributed by atoms with van der Waals surface area (Å²) in [5.74, 6) is 1.20. The molecule has 5 rings (SSSR count). The Morgan fingerprint density at radius 2 is 1.83 bits per heavy atom. The number of rotatable bonds is 2. The van der Waals surface area contributed by atoms with Gasteiger partial charge in [0, 0.05) is 32.5 Å². The standard InChI is InChI=1S/C17H17FN6/c1-22-6-4-13-15(22)20-10-21-16(13)23-8-12-7-11(23)9-24(12)17-14(18)3-2-5-19-17/h2-6,10-12H,7-9H2,1H3. The first kappa shape index (κ1) is 13.7. The van der Waals surface area contributed by atoms with Crippen molar-refractivity contribution in [3.8, 4) is 0 Å². The Hall–Kier alpha value is -2.70. The summed E-state index contributed by atoms with van der Waals surface area (Å²) in [6, 6.07) is 5.77. The predicted octanol–water partition coefficient (Wildman–Crippen LogP) is 1.97. The molecule has 0 spiro atoms. The van der Waals surface area contributed by atoms with E-state index in [1.807, 2.05) is 17.8 Å². The fourth-order valence-electron chi connectivity index (χ4n) is 4.07. The van der Waals surface area contributed by atoms with Gasteiger partial charge in [0.1, 0.15) is 17.8 Å². The first-order chi connectivity index (χ1) is 11.7. The van der Waals surface area contributed by atoms with E-state index in [-0.39, 0.29) is 11.9 Å². The quantitative estimate of drug-likeness (QED) is 0.721. The van der Waals surface area contributed by atoms with Gasteiger partial charge in [0.25, 0.3) is 0 Å². The SMILES string of the molecule is Cn1ccc2c(N3CC4CC3CN4c3ncccc3F)ncnc21. The largest absolute Gasteiger partial charge is 0.349 e. The lowest BCUT2D eigenvalue weighted by atomic mass is 10.2. The molecule has 0 saturated carbocycles. The summed E-state index contributed by atoms with van der Waals surface area (Å²) in [7, 11) is 1.99. The summed E-state index contributed by atoms with van der Waals surface area (Å²) in [5.41, 5.74) is 0.940. The molecule has 6 nitrogen and oxygen atoms in total. The third-order valence-corrected chi connectivity index (χ3v) is 5.16. The molecule has 0 aromatic carbocycles. The van der Waals surface area contributed by atoms with Crippen molar-refractivity contribution in [1.29, 1.82) is 0 Å². The summed E-state index contributed by atoms with van der Waals surface area (Å²) < 4.78 is 16.1. The molecule has 7 heteroatoms. The first-order valence-corrected chi connectivity index (χ1v) is 8.12. The molecule has 2 fully saturated rings. The van der Waals surface area contributed by atoms with E-state index >= 15 is 0 Å². The van der Waals surface area contributed by atoms with Gasteiger partial charge in [-0.15, -0.1) is 0 Å². The maximum atomic E-state index is 14.1. The molecular formula is C17H17FN6. The zero-order valence-electron chi connectivity index (χ0n) is 13.3. The van der Waals surface area contributed by atoms with Crippen LogP contribution >= 0.6 is 0 Å². The van der Waals surface area contributed by atoms with Crippen molar-refractivity contribution >= 4 is 22.7 Å². The van der Waals surface area contributed by atoms with Crippen LogP contribution in [-0.4, -0.2) is 44.7 Å². The summed E-state index contributed by atoms with van der Waals surface area (Å²) >= 11 is 0. The second-order valence-corrected chi connectivity index (χ2v) is 6.52. The zero-order valence-corrected chi connectivity index (χ0v) is 13.3. The van der Waals surface area contributed by atoms with Gasteiger partial charge in [0.05, 0.1) is 17.5 Å². The van der Waals surface area contributed by atoms with Crippen LogP contribution in [-0.2, 0) is 7.05 Å². The fourth-order valence-corrected chi connectivity index (χ4v) is 4.07. The molecular weight excluding hydrogens is 307 g/mol. The number of hydrogen-bond acceptors (Lipinski definition) is 5. The van der Waals surface area contributed by atoms with Crippen LogP contribution in [0, 0.1) is 5.82 Å². The van der Waals surface area contributed by atoms with Crippen molar-refractivity contribution in [2.75, 3.05) is 22.9 Å². The molecule has 5 heterocycles. The Kier molecular flexibility index (Phi) is 2.80. The van der Waals surface area contributed by atoms with Gasteiger partial charge in [-0.3, -0.25) is 0 Å². The Balaban J connectivity index is 1.47. The molecule has 2 atom stereocenters. The van der Waals surface area contributed by atoms with E-state index in [2.05, 4.69) is 30.8 Å². The average Bonchev–Trinajstić information content (AvgIpc) is 3.29. The van der Waals surface area contributed by atoms with Gasteiger partial charge >= 0.3 is 0 Å². The van der Waals surface area contributed by atoms with E-state index in [4.69, 9.17) is 0 Å². The fraction of sp³-hybridized carbons (Fsp3) is 0.353. The van der Waals surface area contributed by atoms with Gasteiger partial charge in [-0.2, -0.15) is 0 Å². The third-order valence-electron chi connectivity index (χ3n) is 5.16. The Labute approximate surface area is 138 Å². The molecule has 2 unspecified atom stereocenters. The van der Waals surface area contributed by atoms with Crippen molar-refractivity contribution in [2.45, 2.75) is 18.5 Å². The highest BCUT2D eigenvalue weighted by atomic mass is 19.1. The van der Waals surface area contributed by atoms with Crippen LogP contribution in [0.4, 0.5) is 16.0 Å². The van der Waals surface area contributed by atoms with Gasteiger partial charge in [-0.25, -0.2) is 19.3 Å². The van der Waals surface area contributed by atoms with Crippen LogP contribution in [0.2, 0.25) is 0 Å². The molecule has 2 aliphatic rings. The molecule has 24 heavy (non-hydrogen) atoms. The highest BCUT2D eigenvalue weighted by Crippen LogP contribution is 2.38. The molecule has 0 amide bonds. The molecule has 0 aliphatic carbocycles. The van der Waals surface area contributed by atoms with E-state index in [9.17, 15) is 4.39 Å². The molecule has 122 valence electrons. The van der Waals surface area contributed by atoms with Gasteiger partial charge in [0.15, 0.2) is 11.6 Å². The topological polar surface area (TPSA) is 50.1 Å². The second kappa shape index (κ2) is 4.90. The normalized spacial score (nSPS) is 22.8. The summed E-state index contributed by atoms with van der Waals surface area (Å²) in [6.45, 7) is 1.61. The number of aromatic nitrogens is 4. The van der Waals surface area contributed by atoms with Crippen LogP contribution < -0.4 is 9.80 Å². The molecule has 0 N–H and O–H groups in total. The minimum atomic E-state index is -0.246. The highest BCUT2D eigenvalue weighted by Gasteiger charge is 2.45. The monoisotopic (exact) mass is 324 g/mol. The van der Waals surface area contributed by atoms with Crippen molar-refractivity contribution < 1.29 is 4.39 Å².